The van der Waals surface area contributed by atoms with Gasteiger partial charge in [0.1, 0.15) is 0 Å². The van der Waals surface area contributed by atoms with E-state index in [-0.39, 0.29) is 5.25 Å². The third-order valence-electron chi connectivity index (χ3n) is 2.66. The number of aliphatic hydroxyl groups is 1. The van der Waals surface area contributed by atoms with Gasteiger partial charge in [-0.2, -0.15) is 0 Å². The van der Waals surface area contributed by atoms with Crippen LogP contribution in [0.1, 0.15) is 13.8 Å². The summed E-state index contributed by atoms with van der Waals surface area (Å²) in [5.41, 5.74) is 0. The van der Waals surface area contributed by atoms with E-state index in [4.69, 9.17) is 9.47 Å². The standard InChI is InChI=1S/C13H18O3S/c1-13(2)15-8-11(14)12(9-16-13)17-10-6-4-3-5-7-10/h3-7,11-12,14H,8-9H2,1-2H3/t11-,12-/m0/s1. The normalized spacial score (nSPS) is 28.6. The molecule has 0 amide bonds. The van der Waals surface area contributed by atoms with E-state index >= 15 is 0 Å². The Labute approximate surface area is 106 Å². The second-order valence-electron chi connectivity index (χ2n) is 4.56. The van der Waals surface area contributed by atoms with E-state index in [1.807, 2.05) is 44.2 Å². The molecule has 17 heavy (non-hydrogen) atoms. The summed E-state index contributed by atoms with van der Waals surface area (Å²) in [5.74, 6) is -0.604. The van der Waals surface area contributed by atoms with Crippen molar-refractivity contribution < 1.29 is 14.6 Å². The van der Waals surface area contributed by atoms with Gasteiger partial charge in [0, 0.05) is 4.90 Å². The molecule has 2 atom stereocenters. The Balaban J connectivity index is 2.01. The fourth-order valence-corrected chi connectivity index (χ4v) is 2.65. The van der Waals surface area contributed by atoms with Crippen LogP contribution in [0.2, 0.25) is 0 Å². The minimum absolute atomic E-state index is 0.0131. The molecule has 0 spiro atoms. The van der Waals surface area contributed by atoms with Crippen molar-refractivity contribution in [1.29, 1.82) is 0 Å². The van der Waals surface area contributed by atoms with Gasteiger partial charge in [-0.3, -0.25) is 0 Å². The summed E-state index contributed by atoms with van der Waals surface area (Å²) in [5, 5.41) is 10.0. The molecule has 0 radical (unpaired) electrons. The van der Waals surface area contributed by atoms with Gasteiger partial charge in [0.25, 0.3) is 0 Å². The van der Waals surface area contributed by atoms with Crippen molar-refractivity contribution in [3.8, 4) is 0 Å². The molecule has 94 valence electrons. The molecule has 1 saturated heterocycles. The second kappa shape index (κ2) is 5.40. The zero-order chi connectivity index (χ0) is 12.3. The second-order valence-corrected chi connectivity index (χ2v) is 5.87. The minimum atomic E-state index is -0.604. The van der Waals surface area contributed by atoms with Gasteiger partial charge in [0.2, 0.25) is 0 Å². The fourth-order valence-electron chi connectivity index (χ4n) is 1.62. The van der Waals surface area contributed by atoms with Crippen molar-refractivity contribution in [3.63, 3.8) is 0 Å². The molecule has 1 N–H and O–H groups in total. The van der Waals surface area contributed by atoms with Crippen LogP contribution in [0.5, 0.6) is 0 Å². The lowest BCUT2D eigenvalue weighted by Crippen LogP contribution is -2.28. The highest BCUT2D eigenvalue weighted by Crippen LogP contribution is 2.29. The predicted molar refractivity (Wildman–Crippen MR) is 68.1 cm³/mol. The van der Waals surface area contributed by atoms with Crippen LogP contribution in [0.4, 0.5) is 0 Å². The molecule has 4 heteroatoms. The largest absolute Gasteiger partial charge is 0.389 e. The highest BCUT2D eigenvalue weighted by atomic mass is 32.2. The maximum Gasteiger partial charge on any atom is 0.162 e. The number of hydrogen-bond donors (Lipinski definition) is 1. The lowest BCUT2D eigenvalue weighted by atomic mass is 10.3. The van der Waals surface area contributed by atoms with Gasteiger partial charge in [0.15, 0.2) is 5.79 Å². The summed E-state index contributed by atoms with van der Waals surface area (Å²) in [6, 6.07) is 10.0. The molecule has 0 unspecified atom stereocenters. The van der Waals surface area contributed by atoms with Crippen molar-refractivity contribution >= 4 is 11.8 Å². The lowest BCUT2D eigenvalue weighted by molar-refractivity contribution is -0.203. The van der Waals surface area contributed by atoms with E-state index in [1.165, 1.54) is 0 Å². The number of benzene rings is 1. The number of aliphatic hydroxyl groups excluding tert-OH is 1. The Bertz CT molecular complexity index is 353. The quantitative estimate of drug-likeness (QED) is 0.879. The van der Waals surface area contributed by atoms with Crippen LogP contribution in [-0.2, 0) is 9.47 Å². The molecule has 0 saturated carbocycles. The van der Waals surface area contributed by atoms with E-state index in [1.54, 1.807) is 11.8 Å². The number of hydrogen-bond acceptors (Lipinski definition) is 4. The Morgan fingerprint density at radius 3 is 2.53 bits per heavy atom. The molecule has 1 aliphatic heterocycles. The van der Waals surface area contributed by atoms with Gasteiger partial charge in [-0.15, -0.1) is 11.8 Å². The predicted octanol–water partition coefficient (Wildman–Crippen LogP) is 2.29. The first-order chi connectivity index (χ1) is 8.07. The SMILES string of the molecule is CC1(C)OC[C@H](Sc2ccccc2)[C@@H](O)CO1. The summed E-state index contributed by atoms with van der Waals surface area (Å²) < 4.78 is 11.1. The number of thioether (sulfide) groups is 1. The molecule has 1 fully saturated rings. The summed E-state index contributed by atoms with van der Waals surface area (Å²) in [7, 11) is 0. The molecule has 1 aromatic rings. The smallest absolute Gasteiger partial charge is 0.162 e. The van der Waals surface area contributed by atoms with Gasteiger partial charge in [-0.05, 0) is 26.0 Å². The van der Waals surface area contributed by atoms with E-state index in [2.05, 4.69) is 0 Å². The summed E-state index contributed by atoms with van der Waals surface area (Å²) in [4.78, 5) is 1.14. The monoisotopic (exact) mass is 254 g/mol. The third kappa shape index (κ3) is 3.71. The van der Waals surface area contributed by atoms with Crippen LogP contribution in [0.3, 0.4) is 0 Å². The van der Waals surface area contributed by atoms with Gasteiger partial charge >= 0.3 is 0 Å². The molecule has 3 nitrogen and oxygen atoms in total. The van der Waals surface area contributed by atoms with Crippen LogP contribution in [0.15, 0.2) is 35.2 Å². The van der Waals surface area contributed by atoms with Crippen LogP contribution in [-0.4, -0.2) is 35.5 Å². The topological polar surface area (TPSA) is 38.7 Å². The number of rotatable bonds is 2. The molecule has 0 aliphatic carbocycles. The Morgan fingerprint density at radius 2 is 1.82 bits per heavy atom. The van der Waals surface area contributed by atoms with Gasteiger partial charge < -0.3 is 14.6 Å². The van der Waals surface area contributed by atoms with Crippen molar-refractivity contribution in [3.05, 3.63) is 30.3 Å². The van der Waals surface area contributed by atoms with Gasteiger partial charge in [-0.1, -0.05) is 18.2 Å². The van der Waals surface area contributed by atoms with Crippen LogP contribution in [0.25, 0.3) is 0 Å². The van der Waals surface area contributed by atoms with E-state index in [9.17, 15) is 5.11 Å². The molecule has 1 heterocycles. The Hall–Kier alpha value is -0.550. The van der Waals surface area contributed by atoms with Crippen molar-refractivity contribution in [2.24, 2.45) is 0 Å². The van der Waals surface area contributed by atoms with Crippen molar-refractivity contribution in [2.75, 3.05) is 13.2 Å². The average molecular weight is 254 g/mol. The molecular weight excluding hydrogens is 236 g/mol. The zero-order valence-corrected chi connectivity index (χ0v) is 10.9. The molecule has 1 aromatic carbocycles. The Kier molecular flexibility index (Phi) is 4.09. The van der Waals surface area contributed by atoms with Crippen LogP contribution >= 0.6 is 11.8 Å². The first-order valence-corrected chi connectivity index (χ1v) is 6.62. The Morgan fingerprint density at radius 1 is 1.18 bits per heavy atom. The van der Waals surface area contributed by atoms with E-state index in [0.29, 0.717) is 13.2 Å². The van der Waals surface area contributed by atoms with Gasteiger partial charge in [0.05, 0.1) is 24.6 Å². The fraction of sp³-hybridized carbons (Fsp3) is 0.538. The van der Waals surface area contributed by atoms with Crippen molar-refractivity contribution in [2.45, 2.75) is 35.9 Å². The molecule has 2 rings (SSSR count). The summed E-state index contributed by atoms with van der Waals surface area (Å²) >= 11 is 1.63. The highest BCUT2D eigenvalue weighted by molar-refractivity contribution is 8.00. The van der Waals surface area contributed by atoms with Crippen molar-refractivity contribution in [1.82, 2.24) is 0 Å². The first-order valence-electron chi connectivity index (χ1n) is 5.74. The molecule has 0 bridgehead atoms. The maximum atomic E-state index is 10.0. The lowest BCUT2D eigenvalue weighted by Gasteiger charge is -2.22. The first kappa shape index (κ1) is 12.9. The molecular formula is C13H18O3S. The maximum absolute atomic E-state index is 10.0. The zero-order valence-electron chi connectivity index (χ0n) is 10.1. The average Bonchev–Trinajstić information content (AvgIpc) is 2.44. The molecule has 0 aromatic heterocycles. The van der Waals surface area contributed by atoms with E-state index < -0.39 is 11.9 Å². The molecule has 1 aliphatic rings. The van der Waals surface area contributed by atoms with Crippen LogP contribution < -0.4 is 0 Å². The van der Waals surface area contributed by atoms with Gasteiger partial charge in [-0.25, -0.2) is 0 Å². The minimum Gasteiger partial charge on any atom is -0.389 e. The van der Waals surface area contributed by atoms with E-state index in [0.717, 1.165) is 4.90 Å². The number of ether oxygens (including phenoxy) is 2. The highest BCUT2D eigenvalue weighted by Gasteiger charge is 2.31. The summed E-state index contributed by atoms with van der Waals surface area (Å²) in [6.07, 6.45) is -0.498. The summed E-state index contributed by atoms with van der Waals surface area (Å²) in [6.45, 7) is 4.55. The third-order valence-corrected chi connectivity index (χ3v) is 3.95. The van der Waals surface area contributed by atoms with Crippen LogP contribution in [0, 0.1) is 0 Å².